The van der Waals surface area contributed by atoms with Crippen molar-refractivity contribution in [1.29, 1.82) is 0 Å². The Morgan fingerprint density at radius 3 is 0.910 bits per heavy atom. The van der Waals surface area contributed by atoms with Crippen LogP contribution in [-0.4, -0.2) is 39.9 Å². The molecule has 0 amide bonds. The Morgan fingerprint density at radius 2 is 0.443 bits per heavy atom. The number of aromatic nitrogens is 8. The van der Waals surface area contributed by atoms with E-state index in [-0.39, 0.29) is 21.1 Å². The highest BCUT2D eigenvalue weighted by Crippen LogP contribution is 2.42. The Labute approximate surface area is 723 Å². The van der Waals surface area contributed by atoms with Gasteiger partial charge in [-0.15, -0.1) is 0 Å². The third-order valence-electron chi connectivity index (χ3n) is 22.4. The molecule has 0 atom stereocenters. The summed E-state index contributed by atoms with van der Waals surface area (Å²) in [6.45, 7) is 0. The number of hydrogen-bond acceptors (Lipinski definition) is 8. The number of fused-ring (bicyclic) bond motifs is 14. The fraction of sp³-hybridized carbons (Fsp3) is 0. The molecule has 0 saturated heterocycles. The molecule has 576 valence electrons. The second kappa shape index (κ2) is 33.6. The maximum absolute atomic E-state index is 6.47. The van der Waals surface area contributed by atoms with Crippen LogP contribution in [0, 0.1) is 0 Å². The van der Waals surface area contributed by atoms with E-state index in [0.29, 0.717) is 0 Å². The van der Waals surface area contributed by atoms with Crippen molar-refractivity contribution in [2.75, 3.05) is 0 Å². The quantitative estimate of drug-likeness (QED) is 0.104. The molecular formula is C110H68Cl4N8. The zero-order valence-corrected chi connectivity index (χ0v) is 68.4. The second-order valence-electron chi connectivity index (χ2n) is 29.8. The van der Waals surface area contributed by atoms with Gasteiger partial charge in [-0.1, -0.05) is 358 Å². The normalized spacial score (nSPS) is 11.3. The van der Waals surface area contributed by atoms with Crippen molar-refractivity contribution in [3.8, 4) is 101 Å². The predicted octanol–water partition coefficient (Wildman–Crippen LogP) is 31.1. The van der Waals surface area contributed by atoms with E-state index in [1.165, 1.54) is 54.9 Å². The van der Waals surface area contributed by atoms with Crippen molar-refractivity contribution in [3.05, 3.63) is 434 Å². The highest BCUT2D eigenvalue weighted by molar-refractivity contribution is 6.31. The van der Waals surface area contributed by atoms with Crippen LogP contribution in [0.15, 0.2) is 413 Å². The summed E-state index contributed by atoms with van der Waals surface area (Å²) in [5.41, 5.74) is 22.8. The summed E-state index contributed by atoms with van der Waals surface area (Å²) in [5, 5.41) is 18.9. The summed E-state index contributed by atoms with van der Waals surface area (Å²) in [6, 6.07) is 143. The molecule has 0 unspecified atom stereocenters. The van der Waals surface area contributed by atoms with E-state index in [9.17, 15) is 0 Å². The van der Waals surface area contributed by atoms with Crippen LogP contribution in [0.25, 0.3) is 209 Å². The first-order valence-corrected chi connectivity index (χ1v) is 41.6. The first-order chi connectivity index (χ1) is 60.1. The summed E-state index contributed by atoms with van der Waals surface area (Å²) in [7, 11) is 0. The van der Waals surface area contributed by atoms with Crippen LogP contribution in [0.2, 0.25) is 21.1 Å². The molecule has 23 aromatic rings. The van der Waals surface area contributed by atoms with Gasteiger partial charge in [-0.3, -0.25) is 0 Å². The monoisotopic (exact) mass is 1640 g/mol. The molecule has 0 fully saturated rings. The number of halogens is 4. The van der Waals surface area contributed by atoms with Crippen molar-refractivity contribution < 1.29 is 0 Å². The van der Waals surface area contributed by atoms with E-state index in [4.69, 9.17) is 51.4 Å². The molecule has 4 aromatic heterocycles. The molecule has 8 nitrogen and oxygen atoms in total. The van der Waals surface area contributed by atoms with E-state index in [0.717, 1.165) is 154 Å². The van der Waals surface area contributed by atoms with Gasteiger partial charge in [0.2, 0.25) is 21.1 Å². The van der Waals surface area contributed by atoms with Gasteiger partial charge in [0.15, 0.2) is 0 Å². The SMILES string of the molecule is Clc1nc(-c2cc(-c3ccccc3)cc(-c3ccccc3)c2)c2ccc3ccccc3c2n1.Clc1nc(-c2ccc(-c3cccc4ccccc34)cc2)c2ccc3ccccc3c2n1.Clc1nc(-c2ccc(-c3ccccc3)cc2)c2ccc3ccccc3c2n1.Clc1nc(-c2ccc3cc(-c4ccccc4)ccc3c2)c2c(ccc3ccccc32)n1. The Hall–Kier alpha value is -14.7. The molecule has 0 N–H and O–H groups in total. The Morgan fingerprint density at radius 1 is 0.148 bits per heavy atom. The average molecular weight is 1640 g/mol. The Bertz CT molecular complexity index is 7860. The van der Waals surface area contributed by atoms with Gasteiger partial charge in [0, 0.05) is 60.0 Å². The maximum atomic E-state index is 6.47. The van der Waals surface area contributed by atoms with Crippen LogP contribution >= 0.6 is 46.4 Å². The number of rotatable bonds is 9. The Balaban J connectivity index is 0.000000104. The molecule has 122 heavy (non-hydrogen) atoms. The molecule has 0 aliphatic heterocycles. The van der Waals surface area contributed by atoms with E-state index < -0.39 is 0 Å². The summed E-state index contributed by atoms with van der Waals surface area (Å²) in [4.78, 5) is 36.6. The fourth-order valence-corrected chi connectivity index (χ4v) is 17.2. The zero-order chi connectivity index (χ0) is 82.0. The lowest BCUT2D eigenvalue weighted by atomic mass is 9.93. The minimum atomic E-state index is 0.250. The first-order valence-electron chi connectivity index (χ1n) is 40.1. The fourth-order valence-electron chi connectivity index (χ4n) is 16.6. The zero-order valence-electron chi connectivity index (χ0n) is 65.3. The number of hydrogen-bond donors (Lipinski definition) is 0. The second-order valence-corrected chi connectivity index (χ2v) is 31.2. The molecule has 0 spiro atoms. The summed E-state index contributed by atoms with van der Waals surface area (Å²) < 4.78 is 0. The molecule has 0 saturated carbocycles. The van der Waals surface area contributed by atoms with Gasteiger partial charge >= 0.3 is 0 Å². The van der Waals surface area contributed by atoms with Crippen molar-refractivity contribution in [1.82, 2.24) is 39.9 Å². The molecule has 19 aromatic carbocycles. The molecular weight excluding hydrogens is 1580 g/mol. The van der Waals surface area contributed by atoms with Crippen molar-refractivity contribution in [2.24, 2.45) is 0 Å². The third-order valence-corrected chi connectivity index (χ3v) is 23.1. The lowest BCUT2D eigenvalue weighted by molar-refractivity contribution is 1.23. The van der Waals surface area contributed by atoms with E-state index >= 15 is 0 Å². The van der Waals surface area contributed by atoms with Crippen molar-refractivity contribution >= 4 is 155 Å². The largest absolute Gasteiger partial charge is 0.223 e. The van der Waals surface area contributed by atoms with Crippen LogP contribution in [0.1, 0.15) is 0 Å². The lowest BCUT2D eigenvalue weighted by Gasteiger charge is -2.13. The van der Waals surface area contributed by atoms with E-state index in [2.05, 4.69) is 356 Å². The van der Waals surface area contributed by atoms with Gasteiger partial charge in [0.1, 0.15) is 0 Å². The minimum Gasteiger partial charge on any atom is -0.218 e. The highest BCUT2D eigenvalue weighted by atomic mass is 35.5. The van der Waals surface area contributed by atoms with Crippen molar-refractivity contribution in [2.45, 2.75) is 0 Å². The molecule has 0 aliphatic rings. The van der Waals surface area contributed by atoms with Crippen LogP contribution in [0.3, 0.4) is 0 Å². The molecule has 23 rings (SSSR count). The van der Waals surface area contributed by atoms with Crippen LogP contribution in [0.4, 0.5) is 0 Å². The van der Waals surface area contributed by atoms with Crippen LogP contribution < -0.4 is 0 Å². The Kier molecular flexibility index (Phi) is 20.9. The standard InChI is InChI=1S/C30H19ClN2.2C28H17ClN2.C24H15ClN2/c31-30-32-28(27-16-15-22-13-7-8-14-26(22)29(27)33-30)25-18-23(20-9-3-1-4-10-20)17-24(19-25)21-11-5-2-6-12-21;29-28-30-26(25-17-16-19-7-2-4-10-24(19)27(25)31-28)21-14-12-20(13-15-21)23-11-5-8-18-6-1-3-9-22(18)23;29-28-30-25-15-14-19-8-4-5-9-24(19)26(25)27(31-28)23-13-12-21-16-20(10-11-22(21)17-23)18-6-2-1-3-7-18;25-24-26-22(19-12-10-17(11-13-19)16-6-2-1-3-7-16)21-15-14-18-8-4-5-9-20(18)23(21)27-24/h1-19H;2*1-17H;1-15H. The molecule has 12 heteroatoms. The van der Waals surface area contributed by atoms with Crippen LogP contribution in [0.5, 0.6) is 0 Å². The predicted molar refractivity (Wildman–Crippen MR) is 512 cm³/mol. The summed E-state index contributed by atoms with van der Waals surface area (Å²) >= 11 is 25.4. The molecule has 0 aliphatic carbocycles. The lowest BCUT2D eigenvalue weighted by Crippen LogP contribution is -1.94. The number of nitrogens with zero attached hydrogens (tertiary/aromatic N) is 8. The molecule has 0 radical (unpaired) electrons. The van der Waals surface area contributed by atoms with Crippen LogP contribution in [-0.2, 0) is 0 Å². The van der Waals surface area contributed by atoms with Gasteiger partial charge in [-0.05, 0) is 205 Å². The third kappa shape index (κ3) is 15.4. The summed E-state index contributed by atoms with van der Waals surface area (Å²) in [6.07, 6.45) is 0. The van der Waals surface area contributed by atoms with Gasteiger partial charge in [0.05, 0.1) is 44.8 Å². The van der Waals surface area contributed by atoms with E-state index in [1.807, 2.05) is 91.0 Å². The highest BCUT2D eigenvalue weighted by Gasteiger charge is 2.20. The number of benzene rings is 19. The average Bonchev–Trinajstić information content (AvgIpc) is 0.773. The van der Waals surface area contributed by atoms with Gasteiger partial charge in [-0.25, -0.2) is 39.9 Å². The smallest absolute Gasteiger partial charge is 0.218 e. The first kappa shape index (κ1) is 76.0. The van der Waals surface area contributed by atoms with Gasteiger partial charge in [-0.2, -0.15) is 0 Å². The topological polar surface area (TPSA) is 103 Å². The van der Waals surface area contributed by atoms with Gasteiger partial charge in [0.25, 0.3) is 0 Å². The molecule has 4 heterocycles. The van der Waals surface area contributed by atoms with Gasteiger partial charge < -0.3 is 0 Å². The maximum Gasteiger partial charge on any atom is 0.223 e. The summed E-state index contributed by atoms with van der Waals surface area (Å²) in [5.74, 6) is 0. The van der Waals surface area contributed by atoms with E-state index in [1.54, 1.807) is 0 Å². The molecule has 0 bridgehead atoms. The van der Waals surface area contributed by atoms with Crippen molar-refractivity contribution in [3.63, 3.8) is 0 Å². The minimum absolute atomic E-state index is 0.250.